The first-order valence-electron chi connectivity index (χ1n) is 11.0. The third-order valence-corrected chi connectivity index (χ3v) is 7.23. The number of fused-ring (bicyclic) bond motifs is 1. The molecule has 1 fully saturated rings. The maximum atomic E-state index is 13.9. The van der Waals surface area contributed by atoms with E-state index in [2.05, 4.69) is 39.2 Å². The standard InChI is InChI=1S/C24H21ClF3N5OS/c1-15-4-6-16(7-5-15)14-31-8-10-32(11-9-31)23(34)21-20(25)22-29-17(18-3-2-12-35-18)13-19(24(26,27)28)33(22)30-21/h2-7,12-13H,8-11,14H2,1H3. The number of amides is 1. The van der Waals surface area contributed by atoms with Crippen LogP contribution >= 0.6 is 22.9 Å². The van der Waals surface area contributed by atoms with Crippen LogP contribution < -0.4 is 0 Å². The summed E-state index contributed by atoms with van der Waals surface area (Å²) in [6.07, 6.45) is -4.70. The molecule has 1 aromatic carbocycles. The van der Waals surface area contributed by atoms with Gasteiger partial charge in [-0.15, -0.1) is 11.3 Å². The number of carbonyl (C=O) groups is 1. The number of piperazine rings is 1. The third-order valence-electron chi connectivity index (χ3n) is 5.99. The molecule has 5 rings (SSSR count). The van der Waals surface area contributed by atoms with Crippen molar-refractivity contribution in [3.63, 3.8) is 0 Å². The van der Waals surface area contributed by atoms with Gasteiger partial charge in [-0.05, 0) is 30.0 Å². The van der Waals surface area contributed by atoms with Crippen molar-refractivity contribution in [1.29, 1.82) is 0 Å². The van der Waals surface area contributed by atoms with Crippen molar-refractivity contribution in [3.05, 3.63) is 75.4 Å². The molecule has 0 N–H and O–H groups in total. The lowest BCUT2D eigenvalue weighted by molar-refractivity contribution is -0.142. The van der Waals surface area contributed by atoms with Crippen molar-refractivity contribution in [2.24, 2.45) is 0 Å². The maximum Gasteiger partial charge on any atom is 0.433 e. The number of aryl methyl sites for hydroxylation is 1. The Labute approximate surface area is 208 Å². The molecular formula is C24H21ClF3N5OS. The Hall–Kier alpha value is -2.95. The molecule has 35 heavy (non-hydrogen) atoms. The van der Waals surface area contributed by atoms with Gasteiger partial charge in [-0.25, -0.2) is 9.50 Å². The number of carbonyl (C=O) groups excluding carboxylic acids is 1. The third kappa shape index (κ3) is 4.78. The molecule has 3 aromatic heterocycles. The van der Waals surface area contributed by atoms with Crippen LogP contribution in [0.25, 0.3) is 16.2 Å². The first-order chi connectivity index (χ1) is 16.7. The first kappa shape index (κ1) is 23.8. The highest BCUT2D eigenvalue weighted by Gasteiger charge is 2.37. The van der Waals surface area contributed by atoms with Crippen LogP contribution in [0.2, 0.25) is 5.02 Å². The minimum atomic E-state index is -4.70. The van der Waals surface area contributed by atoms with Crippen LogP contribution in [0, 0.1) is 6.92 Å². The molecule has 0 unspecified atom stereocenters. The fourth-order valence-corrected chi connectivity index (χ4v) is 5.02. The highest BCUT2D eigenvalue weighted by molar-refractivity contribution is 7.13. The van der Waals surface area contributed by atoms with Gasteiger partial charge in [-0.1, -0.05) is 47.5 Å². The van der Waals surface area contributed by atoms with Gasteiger partial charge in [0.25, 0.3) is 5.91 Å². The van der Waals surface area contributed by atoms with Gasteiger partial charge in [0.1, 0.15) is 5.02 Å². The highest BCUT2D eigenvalue weighted by Crippen LogP contribution is 2.35. The fourth-order valence-electron chi connectivity index (χ4n) is 4.09. The van der Waals surface area contributed by atoms with Crippen molar-refractivity contribution in [2.75, 3.05) is 26.2 Å². The van der Waals surface area contributed by atoms with E-state index in [1.165, 1.54) is 22.5 Å². The SMILES string of the molecule is Cc1ccc(CN2CCN(C(=O)c3nn4c(C(F)(F)F)cc(-c5cccs5)nc4c3Cl)CC2)cc1. The maximum absolute atomic E-state index is 13.9. The molecule has 1 saturated heterocycles. The van der Waals surface area contributed by atoms with Gasteiger partial charge in [0.15, 0.2) is 17.0 Å². The molecule has 0 bridgehead atoms. The molecule has 182 valence electrons. The Balaban J connectivity index is 1.39. The number of nitrogens with zero attached hydrogens (tertiary/aromatic N) is 5. The molecule has 11 heteroatoms. The number of hydrogen-bond acceptors (Lipinski definition) is 5. The molecule has 0 atom stereocenters. The number of alkyl halides is 3. The predicted molar refractivity (Wildman–Crippen MR) is 129 cm³/mol. The van der Waals surface area contributed by atoms with E-state index in [1.807, 2.05) is 6.92 Å². The summed E-state index contributed by atoms with van der Waals surface area (Å²) in [5.41, 5.74) is 1.07. The van der Waals surface area contributed by atoms with Crippen LogP contribution in [0.3, 0.4) is 0 Å². The van der Waals surface area contributed by atoms with E-state index in [0.29, 0.717) is 35.6 Å². The van der Waals surface area contributed by atoms with Crippen molar-refractivity contribution in [3.8, 4) is 10.6 Å². The summed E-state index contributed by atoms with van der Waals surface area (Å²) in [5.74, 6) is -0.499. The zero-order valence-electron chi connectivity index (χ0n) is 18.7. The van der Waals surface area contributed by atoms with Gasteiger partial charge >= 0.3 is 6.18 Å². The van der Waals surface area contributed by atoms with E-state index < -0.39 is 17.8 Å². The molecule has 0 radical (unpaired) electrons. The van der Waals surface area contributed by atoms with Gasteiger partial charge in [-0.3, -0.25) is 9.69 Å². The lowest BCUT2D eigenvalue weighted by atomic mass is 10.1. The zero-order valence-corrected chi connectivity index (χ0v) is 20.3. The van der Waals surface area contributed by atoms with Crippen molar-refractivity contribution in [2.45, 2.75) is 19.6 Å². The Morgan fingerprint density at radius 1 is 1.11 bits per heavy atom. The number of thiophene rings is 1. The van der Waals surface area contributed by atoms with E-state index in [9.17, 15) is 18.0 Å². The lowest BCUT2D eigenvalue weighted by Crippen LogP contribution is -2.48. The van der Waals surface area contributed by atoms with Gasteiger partial charge in [-0.2, -0.15) is 18.3 Å². The largest absolute Gasteiger partial charge is 0.433 e. The number of rotatable bonds is 4. The van der Waals surface area contributed by atoms with Crippen molar-refractivity contribution >= 4 is 34.5 Å². The molecule has 1 amide bonds. The second-order valence-corrected chi connectivity index (χ2v) is 9.78. The Morgan fingerprint density at radius 3 is 2.46 bits per heavy atom. The Bertz CT molecular complexity index is 1360. The normalized spacial score (nSPS) is 15.2. The van der Waals surface area contributed by atoms with Crippen molar-refractivity contribution < 1.29 is 18.0 Å². The second kappa shape index (κ2) is 9.25. The monoisotopic (exact) mass is 519 g/mol. The van der Waals surface area contributed by atoms with Crippen LogP contribution in [0.4, 0.5) is 13.2 Å². The minimum Gasteiger partial charge on any atom is -0.335 e. The summed E-state index contributed by atoms with van der Waals surface area (Å²) >= 11 is 7.67. The van der Waals surface area contributed by atoms with Crippen LogP contribution in [0.5, 0.6) is 0 Å². The minimum absolute atomic E-state index is 0.130. The molecule has 1 aliphatic rings. The summed E-state index contributed by atoms with van der Waals surface area (Å²) in [4.78, 5) is 21.9. The van der Waals surface area contributed by atoms with E-state index >= 15 is 0 Å². The number of aromatic nitrogens is 3. The number of halogens is 4. The molecule has 0 saturated carbocycles. The van der Waals surface area contributed by atoms with Gasteiger partial charge in [0.2, 0.25) is 0 Å². The highest BCUT2D eigenvalue weighted by atomic mass is 35.5. The average molecular weight is 520 g/mol. The van der Waals surface area contributed by atoms with Gasteiger partial charge < -0.3 is 4.90 Å². The lowest BCUT2D eigenvalue weighted by Gasteiger charge is -2.34. The summed E-state index contributed by atoms with van der Waals surface area (Å²) < 4.78 is 42.2. The van der Waals surface area contributed by atoms with E-state index in [4.69, 9.17) is 11.6 Å². The second-order valence-electron chi connectivity index (χ2n) is 8.45. The Kier molecular flexibility index (Phi) is 6.29. The van der Waals surface area contributed by atoms with E-state index in [-0.39, 0.29) is 22.1 Å². The molecule has 1 aliphatic heterocycles. The van der Waals surface area contributed by atoms with E-state index in [0.717, 1.165) is 12.6 Å². The average Bonchev–Trinajstić information content (AvgIpc) is 3.48. The Morgan fingerprint density at radius 2 is 1.83 bits per heavy atom. The fraction of sp³-hybridized carbons (Fsp3) is 0.292. The van der Waals surface area contributed by atoms with Gasteiger partial charge in [0, 0.05) is 32.7 Å². The number of benzene rings is 1. The quantitative estimate of drug-likeness (QED) is 0.362. The molecule has 4 heterocycles. The topological polar surface area (TPSA) is 53.7 Å². The van der Waals surface area contributed by atoms with Gasteiger partial charge in [0.05, 0.1) is 10.6 Å². The number of hydrogen-bond donors (Lipinski definition) is 0. The predicted octanol–water partition coefficient (Wildman–Crippen LogP) is 5.40. The summed E-state index contributed by atoms with van der Waals surface area (Å²) in [7, 11) is 0. The molecule has 0 aliphatic carbocycles. The van der Waals surface area contributed by atoms with Crippen molar-refractivity contribution in [1.82, 2.24) is 24.4 Å². The van der Waals surface area contributed by atoms with Crippen LogP contribution in [0.1, 0.15) is 27.3 Å². The van der Waals surface area contributed by atoms with E-state index in [1.54, 1.807) is 22.4 Å². The smallest absolute Gasteiger partial charge is 0.335 e. The van der Waals surface area contributed by atoms with Crippen LogP contribution in [0.15, 0.2) is 47.8 Å². The first-order valence-corrected chi connectivity index (χ1v) is 12.2. The molecular weight excluding hydrogens is 499 g/mol. The summed E-state index contributed by atoms with van der Waals surface area (Å²) in [5, 5.41) is 5.54. The zero-order chi connectivity index (χ0) is 24.7. The summed E-state index contributed by atoms with van der Waals surface area (Å²) in [6, 6.07) is 12.6. The molecule has 0 spiro atoms. The summed E-state index contributed by atoms with van der Waals surface area (Å²) in [6.45, 7) is 4.93. The van der Waals surface area contributed by atoms with Crippen LogP contribution in [-0.2, 0) is 12.7 Å². The molecule has 6 nitrogen and oxygen atoms in total. The molecule has 4 aromatic rings. The van der Waals surface area contributed by atoms with Crippen LogP contribution in [-0.4, -0.2) is 56.5 Å².